The molecule has 1 aromatic carbocycles. The summed E-state index contributed by atoms with van der Waals surface area (Å²) in [6.07, 6.45) is 1.99. The summed E-state index contributed by atoms with van der Waals surface area (Å²) in [5, 5.41) is 4.08. The molecule has 0 radical (unpaired) electrons. The first-order valence-electron chi connectivity index (χ1n) is 6.32. The predicted molar refractivity (Wildman–Crippen MR) is 78.0 cm³/mol. The lowest BCUT2D eigenvalue weighted by atomic mass is 10.1. The van der Waals surface area contributed by atoms with Gasteiger partial charge in [-0.05, 0) is 36.1 Å². The number of nitrogens with one attached hydrogen (secondary N) is 1. The lowest BCUT2D eigenvalue weighted by molar-refractivity contribution is 0.506. The van der Waals surface area contributed by atoms with Gasteiger partial charge in [-0.25, -0.2) is 12.7 Å². The third kappa shape index (κ3) is 3.48. The second-order valence-electron chi connectivity index (χ2n) is 4.99. The first-order chi connectivity index (χ1) is 8.90. The fourth-order valence-electron chi connectivity index (χ4n) is 2.34. The van der Waals surface area contributed by atoms with E-state index < -0.39 is 10.0 Å². The summed E-state index contributed by atoms with van der Waals surface area (Å²) >= 11 is 5.96. The van der Waals surface area contributed by atoms with Crippen molar-refractivity contribution in [2.75, 3.05) is 26.4 Å². The third-order valence-electron chi connectivity index (χ3n) is 3.49. The van der Waals surface area contributed by atoms with E-state index >= 15 is 0 Å². The highest BCUT2D eigenvalue weighted by Gasteiger charge is 2.22. The van der Waals surface area contributed by atoms with E-state index in [4.69, 9.17) is 11.6 Å². The Morgan fingerprint density at radius 2 is 2.16 bits per heavy atom. The van der Waals surface area contributed by atoms with E-state index in [2.05, 4.69) is 5.32 Å². The molecule has 0 fully saturated rings. The van der Waals surface area contributed by atoms with Gasteiger partial charge in [0.2, 0.25) is 10.0 Å². The Labute approximate surface area is 119 Å². The largest absolute Gasteiger partial charge is 0.309 e. The van der Waals surface area contributed by atoms with Crippen LogP contribution >= 0.6 is 11.6 Å². The summed E-state index contributed by atoms with van der Waals surface area (Å²) in [6.45, 7) is 0.466. The third-order valence-corrected chi connectivity index (χ3v) is 5.56. The van der Waals surface area contributed by atoms with Crippen molar-refractivity contribution in [1.82, 2.24) is 9.62 Å². The maximum Gasteiger partial charge on any atom is 0.214 e. The van der Waals surface area contributed by atoms with Crippen LogP contribution in [0.2, 0.25) is 5.02 Å². The Morgan fingerprint density at radius 1 is 1.42 bits per heavy atom. The van der Waals surface area contributed by atoms with Crippen molar-refractivity contribution in [2.24, 2.45) is 0 Å². The van der Waals surface area contributed by atoms with Crippen molar-refractivity contribution in [3.05, 3.63) is 34.3 Å². The van der Waals surface area contributed by atoms with Gasteiger partial charge in [0.05, 0.1) is 5.75 Å². The summed E-state index contributed by atoms with van der Waals surface area (Å²) in [4.78, 5) is 0. The van der Waals surface area contributed by atoms with E-state index in [1.165, 1.54) is 15.4 Å². The molecule has 0 spiro atoms. The molecule has 19 heavy (non-hydrogen) atoms. The van der Waals surface area contributed by atoms with Crippen molar-refractivity contribution >= 4 is 21.6 Å². The zero-order chi connectivity index (χ0) is 14.0. The van der Waals surface area contributed by atoms with Crippen LogP contribution < -0.4 is 5.32 Å². The maximum atomic E-state index is 11.7. The molecule has 1 atom stereocenters. The number of sulfonamides is 1. The van der Waals surface area contributed by atoms with Crippen LogP contribution in [0, 0.1) is 0 Å². The minimum atomic E-state index is -3.12. The fraction of sp³-hybridized carbons (Fsp3) is 0.538. The van der Waals surface area contributed by atoms with Crippen LogP contribution in [0.25, 0.3) is 0 Å². The van der Waals surface area contributed by atoms with Crippen molar-refractivity contribution in [1.29, 1.82) is 0 Å². The Balaban J connectivity index is 1.94. The van der Waals surface area contributed by atoms with E-state index in [1.807, 2.05) is 18.2 Å². The normalized spacial score (nSPS) is 18.8. The van der Waals surface area contributed by atoms with Gasteiger partial charge in [-0.1, -0.05) is 17.7 Å². The van der Waals surface area contributed by atoms with Gasteiger partial charge in [-0.15, -0.1) is 0 Å². The quantitative estimate of drug-likeness (QED) is 0.902. The molecule has 0 saturated heterocycles. The van der Waals surface area contributed by atoms with Gasteiger partial charge < -0.3 is 5.32 Å². The molecule has 0 heterocycles. The number of rotatable bonds is 5. The van der Waals surface area contributed by atoms with Crippen molar-refractivity contribution in [3.8, 4) is 0 Å². The molecule has 1 N–H and O–H groups in total. The van der Waals surface area contributed by atoms with Gasteiger partial charge in [-0.2, -0.15) is 0 Å². The Bertz CT molecular complexity index is 558. The minimum Gasteiger partial charge on any atom is -0.309 e. The van der Waals surface area contributed by atoms with Crippen LogP contribution in [0.15, 0.2) is 18.2 Å². The van der Waals surface area contributed by atoms with Gasteiger partial charge >= 0.3 is 0 Å². The molecule has 1 aromatic rings. The van der Waals surface area contributed by atoms with E-state index in [-0.39, 0.29) is 11.8 Å². The molecule has 0 aromatic heterocycles. The van der Waals surface area contributed by atoms with Crippen LogP contribution in [0.3, 0.4) is 0 Å². The van der Waals surface area contributed by atoms with Crippen LogP contribution in [0.5, 0.6) is 0 Å². The van der Waals surface area contributed by atoms with E-state index in [0.29, 0.717) is 6.54 Å². The van der Waals surface area contributed by atoms with E-state index in [9.17, 15) is 8.42 Å². The van der Waals surface area contributed by atoms with Crippen LogP contribution in [0.1, 0.15) is 23.6 Å². The molecule has 0 aliphatic heterocycles. The number of hydrogen-bond donors (Lipinski definition) is 1. The van der Waals surface area contributed by atoms with Gasteiger partial charge in [-0.3, -0.25) is 0 Å². The molecule has 0 amide bonds. The van der Waals surface area contributed by atoms with Gasteiger partial charge in [0, 0.05) is 31.7 Å². The molecule has 4 nitrogen and oxygen atoms in total. The number of nitrogens with zero attached hydrogens (tertiary/aromatic N) is 1. The molecule has 1 aliphatic rings. The molecular weight excluding hydrogens is 284 g/mol. The van der Waals surface area contributed by atoms with Gasteiger partial charge in [0.1, 0.15) is 0 Å². The first-order valence-corrected chi connectivity index (χ1v) is 8.31. The van der Waals surface area contributed by atoms with Gasteiger partial charge in [0.25, 0.3) is 0 Å². The zero-order valence-corrected chi connectivity index (χ0v) is 12.8. The number of aryl methyl sites for hydroxylation is 1. The minimum absolute atomic E-state index is 0.124. The molecule has 1 aliphatic carbocycles. The number of fused-ring (bicyclic) bond motifs is 1. The maximum absolute atomic E-state index is 11.7. The smallest absolute Gasteiger partial charge is 0.214 e. The number of hydrogen-bond acceptors (Lipinski definition) is 3. The molecule has 0 bridgehead atoms. The first kappa shape index (κ1) is 14.8. The molecule has 1 unspecified atom stereocenters. The van der Waals surface area contributed by atoms with Crippen molar-refractivity contribution in [3.63, 3.8) is 0 Å². The van der Waals surface area contributed by atoms with Crippen LogP contribution in [-0.4, -0.2) is 39.1 Å². The zero-order valence-electron chi connectivity index (χ0n) is 11.2. The average molecular weight is 303 g/mol. The second-order valence-corrected chi connectivity index (χ2v) is 7.73. The topological polar surface area (TPSA) is 49.4 Å². The fourth-order valence-corrected chi connectivity index (χ4v) is 3.28. The molecular formula is C13H19ClN2O2S. The highest BCUT2D eigenvalue weighted by Crippen LogP contribution is 2.32. The standard InChI is InChI=1S/C13H19ClN2O2S/c1-16(2)19(17,18)8-7-15-13-6-3-10-9-11(14)4-5-12(10)13/h4-5,9,13,15H,3,6-8H2,1-2H3. The molecule has 0 saturated carbocycles. The molecule has 2 rings (SSSR count). The monoisotopic (exact) mass is 302 g/mol. The summed E-state index contributed by atoms with van der Waals surface area (Å²) in [7, 11) is -0.00878. The van der Waals surface area contributed by atoms with E-state index in [0.717, 1.165) is 17.9 Å². The second kappa shape index (κ2) is 5.79. The SMILES string of the molecule is CN(C)S(=O)(=O)CCNC1CCc2cc(Cl)ccc21. The Kier molecular flexibility index (Phi) is 4.50. The summed E-state index contributed by atoms with van der Waals surface area (Å²) in [5.74, 6) is 0.124. The summed E-state index contributed by atoms with van der Waals surface area (Å²) in [5.41, 5.74) is 2.51. The Morgan fingerprint density at radius 3 is 2.84 bits per heavy atom. The van der Waals surface area contributed by atoms with Crippen LogP contribution in [-0.2, 0) is 16.4 Å². The highest BCUT2D eigenvalue weighted by atomic mass is 35.5. The lowest BCUT2D eigenvalue weighted by Crippen LogP contribution is -2.32. The highest BCUT2D eigenvalue weighted by molar-refractivity contribution is 7.89. The van der Waals surface area contributed by atoms with E-state index in [1.54, 1.807) is 14.1 Å². The lowest BCUT2D eigenvalue weighted by Gasteiger charge is -2.16. The summed E-state index contributed by atoms with van der Waals surface area (Å²) in [6, 6.07) is 6.15. The van der Waals surface area contributed by atoms with Crippen LogP contribution in [0.4, 0.5) is 0 Å². The number of benzene rings is 1. The average Bonchev–Trinajstić information content (AvgIpc) is 2.71. The number of halogens is 1. The predicted octanol–water partition coefficient (Wildman–Crippen LogP) is 1.81. The van der Waals surface area contributed by atoms with Crippen molar-refractivity contribution < 1.29 is 8.42 Å². The molecule has 106 valence electrons. The molecule has 6 heteroatoms. The van der Waals surface area contributed by atoms with Gasteiger partial charge in [0.15, 0.2) is 0 Å². The van der Waals surface area contributed by atoms with Crippen molar-refractivity contribution in [2.45, 2.75) is 18.9 Å². The Hall–Kier alpha value is -0.620. The summed E-state index contributed by atoms with van der Waals surface area (Å²) < 4.78 is 24.6.